The molecule has 9 aromatic carbocycles. The van der Waals surface area contributed by atoms with Crippen LogP contribution in [0.4, 0.5) is 0 Å². The van der Waals surface area contributed by atoms with Gasteiger partial charge in [0.25, 0.3) is 0 Å². The molecule has 1 nitrogen and oxygen atoms in total. The first-order valence-corrected chi connectivity index (χ1v) is 14.5. The summed E-state index contributed by atoms with van der Waals surface area (Å²) < 4.78 is 266. The second-order valence-corrected chi connectivity index (χ2v) is 10.6. The van der Waals surface area contributed by atoms with Crippen LogP contribution < -0.4 is 0 Å². The Balaban J connectivity index is 1.42. The summed E-state index contributed by atoms with van der Waals surface area (Å²) in [4.78, 5) is 0. The fourth-order valence-corrected chi connectivity index (χ4v) is 5.85. The van der Waals surface area contributed by atoms with Gasteiger partial charge in [0.1, 0.15) is 11.2 Å². The van der Waals surface area contributed by atoms with Gasteiger partial charge in [-0.3, -0.25) is 0 Å². The molecule has 0 fully saturated rings. The average Bonchev–Trinajstić information content (AvgIpc) is 3.79. The van der Waals surface area contributed by atoms with Gasteiger partial charge < -0.3 is 4.42 Å². The van der Waals surface area contributed by atoms with Gasteiger partial charge in [-0.15, -0.1) is 0 Å². The van der Waals surface area contributed by atoms with E-state index < -0.39 is 274 Å². The SMILES string of the molecule is [2H]c1cc2oc3c(-c4c([2H])c([2H])c([2H])c([2H])c4[2H])c([2H])c([2H])c([2H])c3c2c([2H])c1-c1c2c([2H])c([2H])c([2H])c([2H])c2c(-c2c([2H])c([2H])c(-c3c([2H])c([2H])c([2H])c4c([2H])c([2H])c([2H])c([2H])c34)c([2H])c2[2H])c2c([2H])c([2H])c([2H])c([2H])c12. The van der Waals surface area contributed by atoms with E-state index in [1.54, 1.807) is 0 Å². The van der Waals surface area contributed by atoms with E-state index in [0.29, 0.717) is 0 Å². The molecule has 0 bridgehead atoms. The Kier molecular flexibility index (Phi) is 2.56. The smallest absolute Gasteiger partial charge is 0.143 e. The molecule has 0 N–H and O–H groups in total. The highest BCUT2D eigenvalue weighted by molar-refractivity contribution is 6.22. The fraction of sp³-hybridized carbons (Fsp3) is 0. The zero-order valence-electron chi connectivity index (χ0n) is 53.5. The Morgan fingerprint density at radius 1 is 0.347 bits per heavy atom. The molecule has 0 atom stereocenters. The van der Waals surface area contributed by atoms with E-state index in [9.17, 15) is 13.7 Å². The lowest BCUT2D eigenvalue weighted by Crippen LogP contribution is -1.91. The zero-order valence-corrected chi connectivity index (χ0v) is 24.5. The van der Waals surface area contributed by atoms with Crippen molar-refractivity contribution < 1.29 is 44.2 Å². The summed E-state index contributed by atoms with van der Waals surface area (Å²) in [7, 11) is 0. The van der Waals surface area contributed by atoms with E-state index in [1.807, 2.05) is 0 Å². The van der Waals surface area contributed by atoms with E-state index in [4.69, 9.17) is 30.5 Å². The highest BCUT2D eigenvalue weighted by atomic mass is 16.3. The van der Waals surface area contributed by atoms with Crippen LogP contribution in [0.2, 0.25) is 0 Å². The first-order chi connectivity index (χ1) is 36.4. The normalized spacial score (nSPS) is 20.0. The quantitative estimate of drug-likeness (QED) is 0.173. The summed E-state index contributed by atoms with van der Waals surface area (Å²) in [5.41, 5.74) is -6.59. The van der Waals surface area contributed by atoms with Crippen LogP contribution in [0.3, 0.4) is 0 Å². The summed E-state index contributed by atoms with van der Waals surface area (Å²) in [6.45, 7) is 0. The molecule has 0 saturated heterocycles. The van der Waals surface area contributed by atoms with Crippen LogP contribution in [0, 0.1) is 0 Å². The predicted molar refractivity (Wildman–Crippen MR) is 208 cm³/mol. The van der Waals surface area contributed by atoms with Crippen molar-refractivity contribution in [3.05, 3.63) is 181 Å². The fourth-order valence-electron chi connectivity index (χ4n) is 5.85. The van der Waals surface area contributed by atoms with Gasteiger partial charge in [0, 0.05) is 16.3 Å². The van der Waals surface area contributed by atoms with Crippen LogP contribution in [0.25, 0.3) is 98.8 Å². The molecule has 0 spiro atoms. The molecule has 0 amide bonds. The van der Waals surface area contributed by atoms with Gasteiger partial charge in [0.15, 0.2) is 0 Å². The summed E-state index contributed by atoms with van der Waals surface area (Å²) in [6.07, 6.45) is 0. The highest BCUT2D eigenvalue weighted by Crippen LogP contribution is 2.45. The van der Waals surface area contributed by atoms with Crippen molar-refractivity contribution in [3.8, 4) is 44.5 Å². The number of furan rings is 1. The predicted octanol–water partition coefficient (Wildman–Crippen LogP) is 13.7. The first-order valence-electron chi connectivity index (χ1n) is 29.0. The van der Waals surface area contributed by atoms with Gasteiger partial charge in [-0.25, -0.2) is 0 Å². The van der Waals surface area contributed by atoms with Gasteiger partial charge in [0.2, 0.25) is 0 Å². The van der Waals surface area contributed by atoms with Crippen molar-refractivity contribution in [1.29, 1.82) is 0 Å². The topological polar surface area (TPSA) is 13.1 Å². The molecule has 0 aliphatic heterocycles. The first kappa shape index (κ1) is 11.3. The lowest BCUT2D eigenvalue weighted by molar-refractivity contribution is 0.670. The second kappa shape index (κ2) is 11.1. The zero-order chi connectivity index (χ0) is 57.5. The van der Waals surface area contributed by atoms with E-state index in [1.165, 1.54) is 0 Å². The molecular weight excluding hydrogens is 593 g/mol. The van der Waals surface area contributed by atoms with Gasteiger partial charge in [-0.05, 0) is 83.4 Å². The van der Waals surface area contributed by atoms with Crippen LogP contribution in [-0.2, 0) is 0 Å². The number of hydrogen-bond acceptors (Lipinski definition) is 1. The van der Waals surface area contributed by atoms with E-state index in [0.717, 1.165) is 6.07 Å². The van der Waals surface area contributed by atoms with Crippen LogP contribution in [0.15, 0.2) is 186 Å². The number of rotatable bonds is 4. The molecule has 0 unspecified atom stereocenters. The van der Waals surface area contributed by atoms with E-state index in [2.05, 4.69) is 0 Å². The molecule has 0 aliphatic carbocycles. The third-order valence-electron chi connectivity index (χ3n) is 7.95. The van der Waals surface area contributed by atoms with Crippen molar-refractivity contribution in [1.82, 2.24) is 0 Å². The van der Waals surface area contributed by atoms with Gasteiger partial charge in [-0.2, -0.15) is 0 Å². The van der Waals surface area contributed by atoms with Crippen LogP contribution in [0.5, 0.6) is 0 Å². The van der Waals surface area contributed by atoms with Gasteiger partial charge in [-0.1, -0.05) is 169 Å². The molecule has 10 aromatic rings. The van der Waals surface area contributed by atoms with Gasteiger partial charge >= 0.3 is 0 Å². The molecule has 1 heteroatoms. The molecule has 0 aliphatic rings. The number of hydrogen-bond donors (Lipinski definition) is 0. The molecule has 10 rings (SSSR count). The van der Waals surface area contributed by atoms with Crippen molar-refractivity contribution in [2.75, 3.05) is 0 Å². The van der Waals surface area contributed by atoms with Crippen LogP contribution in [0.1, 0.15) is 39.8 Å². The molecule has 1 heterocycles. The summed E-state index contributed by atoms with van der Waals surface area (Å²) in [6, 6.07) is -25.5. The van der Waals surface area contributed by atoms with Crippen LogP contribution >= 0.6 is 0 Å². The van der Waals surface area contributed by atoms with Gasteiger partial charge in [0.05, 0.1) is 39.8 Å². The van der Waals surface area contributed by atoms with E-state index in [-0.39, 0.29) is 0 Å². The highest BCUT2D eigenvalue weighted by Gasteiger charge is 2.19. The van der Waals surface area contributed by atoms with E-state index >= 15 is 0 Å². The minimum atomic E-state index is -1.09. The van der Waals surface area contributed by atoms with Crippen molar-refractivity contribution in [2.45, 2.75) is 0 Å². The molecule has 1 aromatic heterocycles. The molecular formula is C48H30O. The Hall–Kier alpha value is -6.44. The number of fused-ring (bicyclic) bond motifs is 6. The Morgan fingerprint density at radius 2 is 0.857 bits per heavy atom. The van der Waals surface area contributed by atoms with Crippen molar-refractivity contribution in [3.63, 3.8) is 0 Å². The average molecular weight is 652 g/mol. The van der Waals surface area contributed by atoms with Crippen molar-refractivity contribution >= 4 is 54.3 Å². The standard InChI is InChI=1S/C48H30O/c1-2-12-32(13-3-1)38-22-11-23-43-44-30-35(28-29-45(44)49-48(38)43)47-41-19-8-6-17-39(41)46(40-18-7-9-20-42(40)47)34-26-24-33(25-27-34)37-21-10-15-31-14-4-5-16-36(31)37/h1-30H/i1D,2D,3D,4D,5D,6D,7D,8D,9D,10D,11D,12D,13D,14D,15D,16D,17D,18D,19D,20D,21D,22D,23D,24D,25D,26D,27D,28D,30D. The third-order valence-corrected chi connectivity index (χ3v) is 7.95. The Bertz CT molecular complexity index is 4390. The maximum atomic E-state index is 9.88. The maximum Gasteiger partial charge on any atom is 0.143 e. The Morgan fingerprint density at radius 3 is 1.57 bits per heavy atom. The molecule has 49 heavy (non-hydrogen) atoms. The van der Waals surface area contributed by atoms with Crippen LogP contribution in [-0.4, -0.2) is 0 Å². The maximum absolute atomic E-state index is 9.88. The van der Waals surface area contributed by atoms with Crippen molar-refractivity contribution in [2.24, 2.45) is 0 Å². The minimum absolute atomic E-state index is 0.414. The second-order valence-electron chi connectivity index (χ2n) is 10.6. The largest absolute Gasteiger partial charge is 0.455 e. The summed E-state index contributed by atoms with van der Waals surface area (Å²) in [5.74, 6) is 0. The molecule has 0 saturated carbocycles. The third kappa shape index (κ3) is 4.40. The molecule has 0 radical (unpaired) electrons. The lowest BCUT2D eigenvalue weighted by atomic mass is 9.85. The minimum Gasteiger partial charge on any atom is -0.455 e. The monoisotopic (exact) mass is 651 g/mol. The number of benzene rings is 9. The Labute approximate surface area is 325 Å². The lowest BCUT2D eigenvalue weighted by Gasteiger charge is -2.18. The summed E-state index contributed by atoms with van der Waals surface area (Å²) >= 11 is 0. The number of para-hydroxylation sites is 1. The molecule has 228 valence electrons. The summed E-state index contributed by atoms with van der Waals surface area (Å²) in [5, 5.41) is -4.97.